The topological polar surface area (TPSA) is 32.3 Å². The summed E-state index contributed by atoms with van der Waals surface area (Å²) in [6.45, 7) is 1.95. The van der Waals surface area contributed by atoms with E-state index in [1.54, 1.807) is 18.0 Å². The molecular weight excluding hydrogens is 134 g/mol. The van der Waals surface area contributed by atoms with Crippen LogP contribution < -0.4 is 5.32 Å². The highest BCUT2D eigenvalue weighted by molar-refractivity contribution is 8.04. The Balaban J connectivity index is 3.04. The van der Waals surface area contributed by atoms with Gasteiger partial charge in [-0.1, -0.05) is 6.08 Å². The van der Waals surface area contributed by atoms with Crippen LogP contribution in [0.2, 0.25) is 0 Å². The second-order valence-corrected chi connectivity index (χ2v) is 2.09. The zero-order valence-corrected chi connectivity index (χ0v) is 6.19. The minimum Gasteiger partial charge on any atom is -0.377 e. The van der Waals surface area contributed by atoms with Crippen LogP contribution in [-0.4, -0.2) is 11.8 Å². The number of aliphatic hydroxyl groups excluding tert-OH is 1. The van der Waals surface area contributed by atoms with Crippen molar-refractivity contribution in [2.75, 3.05) is 6.73 Å². The molecule has 0 aliphatic rings. The number of hydrogen-bond acceptors (Lipinski definition) is 3. The summed E-state index contributed by atoms with van der Waals surface area (Å²) in [5, 5.41) is 14.7. The normalized spacial score (nSPS) is 11.3. The molecule has 0 aromatic heterocycles. The van der Waals surface area contributed by atoms with E-state index in [2.05, 4.69) is 5.32 Å². The van der Waals surface area contributed by atoms with Crippen LogP contribution in [0, 0.1) is 0 Å². The third-order valence-corrected chi connectivity index (χ3v) is 1.29. The van der Waals surface area contributed by atoms with E-state index in [0.29, 0.717) is 0 Å². The van der Waals surface area contributed by atoms with Crippen LogP contribution in [-0.2, 0) is 0 Å². The van der Waals surface area contributed by atoms with Gasteiger partial charge in [0.15, 0.2) is 0 Å². The van der Waals surface area contributed by atoms with Gasteiger partial charge in [-0.3, -0.25) is 0 Å². The van der Waals surface area contributed by atoms with Gasteiger partial charge in [0.1, 0.15) is 6.73 Å². The van der Waals surface area contributed by atoms with Crippen molar-refractivity contribution in [1.29, 1.82) is 0 Å². The Bertz CT molecular complexity index is 101. The number of nitrogens with one attached hydrogen (secondary N) is 1. The lowest BCUT2D eigenvalue weighted by atomic mass is 10.8. The van der Waals surface area contributed by atoms with Crippen molar-refractivity contribution in [3.8, 4) is 0 Å². The number of rotatable bonds is 4. The highest BCUT2D eigenvalue weighted by Crippen LogP contribution is 2.01. The monoisotopic (exact) mass is 145 g/mol. The lowest BCUT2D eigenvalue weighted by molar-refractivity contribution is 0.280. The van der Waals surface area contributed by atoms with E-state index in [0.717, 1.165) is 0 Å². The molecule has 0 rings (SSSR count). The molecule has 0 saturated heterocycles. The minimum atomic E-state index is -0.00704. The van der Waals surface area contributed by atoms with Gasteiger partial charge in [-0.15, -0.1) is 11.8 Å². The van der Waals surface area contributed by atoms with E-state index >= 15 is 0 Å². The van der Waals surface area contributed by atoms with Gasteiger partial charge >= 0.3 is 0 Å². The Morgan fingerprint density at radius 3 is 2.89 bits per heavy atom. The lowest BCUT2D eigenvalue weighted by Crippen LogP contribution is -2.03. The second kappa shape index (κ2) is 7.59. The maximum atomic E-state index is 8.23. The predicted octanol–water partition coefficient (Wildman–Crippen LogP) is 1.26. The van der Waals surface area contributed by atoms with E-state index in [1.807, 2.05) is 23.8 Å². The molecule has 2 nitrogen and oxygen atoms in total. The first-order valence-corrected chi connectivity index (χ1v) is 3.62. The number of thioether (sulfide) groups is 1. The highest BCUT2D eigenvalue weighted by atomic mass is 32.2. The molecule has 0 radical (unpaired) electrons. The Labute approximate surface area is 59.7 Å². The van der Waals surface area contributed by atoms with Crippen LogP contribution in [0.15, 0.2) is 23.1 Å². The van der Waals surface area contributed by atoms with Gasteiger partial charge in [0, 0.05) is 6.20 Å². The third kappa shape index (κ3) is 7.59. The van der Waals surface area contributed by atoms with Crippen LogP contribution in [0.3, 0.4) is 0 Å². The zero-order chi connectivity index (χ0) is 6.95. The van der Waals surface area contributed by atoms with Gasteiger partial charge in [0.2, 0.25) is 0 Å². The molecule has 0 fully saturated rings. The van der Waals surface area contributed by atoms with E-state index in [9.17, 15) is 0 Å². The van der Waals surface area contributed by atoms with Gasteiger partial charge in [0.25, 0.3) is 0 Å². The molecule has 0 aromatic carbocycles. The molecule has 0 aromatic rings. The van der Waals surface area contributed by atoms with Crippen LogP contribution in [0.5, 0.6) is 0 Å². The first-order chi connectivity index (χ1) is 4.41. The Morgan fingerprint density at radius 1 is 1.56 bits per heavy atom. The largest absolute Gasteiger partial charge is 0.377 e. The lowest BCUT2D eigenvalue weighted by Gasteiger charge is -1.87. The Kier molecular flexibility index (Phi) is 7.24. The summed E-state index contributed by atoms with van der Waals surface area (Å²) in [5.74, 6) is 0. The SMILES string of the molecule is CC=CSC=CNCO. The first kappa shape index (κ1) is 8.59. The van der Waals surface area contributed by atoms with Crippen molar-refractivity contribution in [2.45, 2.75) is 6.92 Å². The van der Waals surface area contributed by atoms with Gasteiger partial charge in [-0.2, -0.15) is 0 Å². The average molecular weight is 145 g/mol. The highest BCUT2D eigenvalue weighted by Gasteiger charge is 1.67. The predicted molar refractivity (Wildman–Crippen MR) is 41.8 cm³/mol. The van der Waals surface area contributed by atoms with Gasteiger partial charge < -0.3 is 10.4 Å². The Morgan fingerprint density at radius 2 is 2.33 bits per heavy atom. The molecule has 0 atom stereocenters. The standard InChI is InChI=1S/C6H11NOS/c1-2-4-9-5-3-7-6-8/h2-5,7-8H,6H2,1H3. The smallest absolute Gasteiger partial charge is 0.112 e. The van der Waals surface area contributed by atoms with Crippen LogP contribution in [0.4, 0.5) is 0 Å². The summed E-state index contributed by atoms with van der Waals surface area (Å²) >= 11 is 1.56. The molecule has 0 amide bonds. The molecule has 2 N–H and O–H groups in total. The summed E-state index contributed by atoms with van der Waals surface area (Å²) in [6, 6.07) is 0. The van der Waals surface area contributed by atoms with Crippen molar-refractivity contribution in [1.82, 2.24) is 5.32 Å². The maximum Gasteiger partial charge on any atom is 0.112 e. The van der Waals surface area contributed by atoms with Gasteiger partial charge in [-0.05, 0) is 17.7 Å². The number of allylic oxidation sites excluding steroid dienone is 1. The summed E-state index contributed by atoms with van der Waals surface area (Å²) < 4.78 is 0. The number of hydrogen-bond donors (Lipinski definition) is 2. The fourth-order valence-electron chi connectivity index (χ4n) is 0.264. The molecule has 0 heterocycles. The van der Waals surface area contributed by atoms with Crippen molar-refractivity contribution in [3.05, 3.63) is 23.1 Å². The molecule has 0 unspecified atom stereocenters. The van der Waals surface area contributed by atoms with E-state index in [1.165, 1.54) is 0 Å². The molecule has 9 heavy (non-hydrogen) atoms. The number of aliphatic hydroxyl groups is 1. The summed E-state index contributed by atoms with van der Waals surface area (Å²) in [4.78, 5) is 0. The van der Waals surface area contributed by atoms with Crippen molar-refractivity contribution in [3.63, 3.8) is 0 Å². The second-order valence-electron chi connectivity index (χ2n) is 1.27. The summed E-state index contributed by atoms with van der Waals surface area (Å²) in [5.41, 5.74) is 0. The summed E-state index contributed by atoms with van der Waals surface area (Å²) in [6.07, 6.45) is 3.65. The van der Waals surface area contributed by atoms with Crippen molar-refractivity contribution < 1.29 is 5.11 Å². The molecule has 0 bridgehead atoms. The minimum absolute atomic E-state index is 0.00704. The van der Waals surface area contributed by atoms with E-state index in [-0.39, 0.29) is 6.73 Å². The fraction of sp³-hybridized carbons (Fsp3) is 0.333. The summed E-state index contributed by atoms with van der Waals surface area (Å²) in [7, 11) is 0. The van der Waals surface area contributed by atoms with E-state index in [4.69, 9.17) is 5.11 Å². The Hall–Kier alpha value is -0.410. The average Bonchev–Trinajstić information content (AvgIpc) is 1.89. The molecule has 0 spiro atoms. The molecule has 0 aliphatic carbocycles. The van der Waals surface area contributed by atoms with Gasteiger partial charge in [-0.25, -0.2) is 0 Å². The first-order valence-electron chi connectivity index (χ1n) is 2.67. The zero-order valence-electron chi connectivity index (χ0n) is 5.37. The maximum absolute atomic E-state index is 8.23. The van der Waals surface area contributed by atoms with Crippen LogP contribution in [0.25, 0.3) is 0 Å². The van der Waals surface area contributed by atoms with Crippen LogP contribution >= 0.6 is 11.8 Å². The molecule has 0 saturated carbocycles. The van der Waals surface area contributed by atoms with E-state index < -0.39 is 0 Å². The van der Waals surface area contributed by atoms with Crippen molar-refractivity contribution >= 4 is 11.8 Å². The fourth-order valence-corrected chi connectivity index (χ4v) is 0.687. The third-order valence-electron chi connectivity index (χ3n) is 0.570. The quantitative estimate of drug-likeness (QED) is 0.584. The van der Waals surface area contributed by atoms with Crippen LogP contribution in [0.1, 0.15) is 6.92 Å². The van der Waals surface area contributed by atoms with Gasteiger partial charge in [0.05, 0.1) is 0 Å². The van der Waals surface area contributed by atoms with Crippen molar-refractivity contribution in [2.24, 2.45) is 0 Å². The molecule has 3 heteroatoms. The molecule has 0 aliphatic heterocycles. The molecular formula is C6H11NOS. The molecule has 52 valence electrons.